The predicted octanol–water partition coefficient (Wildman–Crippen LogP) is 2.57. The van der Waals surface area contributed by atoms with Gasteiger partial charge in [-0.1, -0.05) is 48.0 Å². The van der Waals surface area contributed by atoms with Crippen LogP contribution in [0.1, 0.15) is 16.7 Å². The van der Waals surface area contributed by atoms with E-state index in [0.717, 1.165) is 51.6 Å². The van der Waals surface area contributed by atoms with Crippen LogP contribution in [0.2, 0.25) is 0 Å². The highest BCUT2D eigenvalue weighted by Gasteiger charge is 2.09. The van der Waals surface area contributed by atoms with Gasteiger partial charge in [-0.25, -0.2) is 0 Å². The molecule has 1 aliphatic heterocycles. The van der Waals surface area contributed by atoms with Crippen molar-refractivity contribution in [1.82, 2.24) is 15.5 Å². The van der Waals surface area contributed by atoms with Crippen molar-refractivity contribution >= 4 is 0 Å². The molecule has 1 heterocycles. The Bertz CT molecular complexity index is 653. The van der Waals surface area contributed by atoms with Gasteiger partial charge in [0.25, 0.3) is 0 Å². The van der Waals surface area contributed by atoms with E-state index in [1.54, 1.807) is 0 Å². The van der Waals surface area contributed by atoms with Gasteiger partial charge in [-0.15, -0.1) is 0 Å². The molecule has 4 heteroatoms. The summed E-state index contributed by atoms with van der Waals surface area (Å²) in [5, 5.41) is 6.95. The van der Waals surface area contributed by atoms with Crippen LogP contribution in [0.25, 0.3) is 0 Å². The number of rotatable bonds is 8. The zero-order valence-corrected chi connectivity index (χ0v) is 15.1. The van der Waals surface area contributed by atoms with Gasteiger partial charge in [0.1, 0.15) is 12.4 Å². The summed E-state index contributed by atoms with van der Waals surface area (Å²) in [6.07, 6.45) is 0. The van der Waals surface area contributed by atoms with Crippen LogP contribution in [0.5, 0.6) is 5.75 Å². The minimum atomic E-state index is 0.611. The molecular formula is C21H29N3O. The zero-order valence-electron chi connectivity index (χ0n) is 15.1. The molecule has 2 aromatic carbocycles. The Morgan fingerprint density at radius 2 is 1.92 bits per heavy atom. The van der Waals surface area contributed by atoms with Gasteiger partial charge in [0.2, 0.25) is 0 Å². The number of aryl methyl sites for hydroxylation is 1. The molecule has 1 aliphatic rings. The highest BCUT2D eigenvalue weighted by Crippen LogP contribution is 2.19. The largest absolute Gasteiger partial charge is 0.489 e. The topological polar surface area (TPSA) is 36.5 Å². The lowest BCUT2D eigenvalue weighted by Crippen LogP contribution is -2.45. The molecule has 0 atom stereocenters. The maximum atomic E-state index is 6.07. The van der Waals surface area contributed by atoms with Gasteiger partial charge in [-0.3, -0.25) is 4.90 Å². The average molecular weight is 339 g/mol. The van der Waals surface area contributed by atoms with Gasteiger partial charge in [-0.05, 0) is 18.6 Å². The van der Waals surface area contributed by atoms with Gasteiger partial charge in [-0.2, -0.15) is 0 Å². The van der Waals surface area contributed by atoms with Crippen molar-refractivity contribution in [3.05, 3.63) is 65.2 Å². The number of para-hydroxylation sites is 1. The first-order valence-corrected chi connectivity index (χ1v) is 9.21. The number of hydrogen-bond acceptors (Lipinski definition) is 4. The molecule has 0 radical (unpaired) electrons. The lowest BCUT2D eigenvalue weighted by molar-refractivity contribution is 0.240. The smallest absolute Gasteiger partial charge is 0.124 e. The highest BCUT2D eigenvalue weighted by molar-refractivity contribution is 5.33. The zero-order chi connectivity index (χ0) is 17.3. The molecule has 25 heavy (non-hydrogen) atoms. The second-order valence-electron chi connectivity index (χ2n) is 6.65. The monoisotopic (exact) mass is 339 g/mol. The van der Waals surface area contributed by atoms with Crippen LogP contribution < -0.4 is 15.4 Å². The van der Waals surface area contributed by atoms with Crippen molar-refractivity contribution in [2.24, 2.45) is 0 Å². The molecule has 2 aromatic rings. The minimum Gasteiger partial charge on any atom is -0.489 e. The van der Waals surface area contributed by atoms with Crippen LogP contribution >= 0.6 is 0 Å². The molecule has 0 aliphatic carbocycles. The predicted molar refractivity (Wildman–Crippen MR) is 103 cm³/mol. The van der Waals surface area contributed by atoms with Crippen LogP contribution in [0.3, 0.4) is 0 Å². The number of ether oxygens (including phenoxy) is 1. The molecule has 0 saturated carbocycles. The summed E-state index contributed by atoms with van der Waals surface area (Å²) < 4.78 is 6.07. The minimum absolute atomic E-state index is 0.611. The second kappa shape index (κ2) is 9.56. The fourth-order valence-electron chi connectivity index (χ4n) is 3.15. The molecule has 0 aromatic heterocycles. The van der Waals surface area contributed by atoms with E-state index in [0.29, 0.717) is 6.61 Å². The fraction of sp³-hybridized carbons (Fsp3) is 0.429. The molecule has 0 spiro atoms. The van der Waals surface area contributed by atoms with Crippen LogP contribution in [0.15, 0.2) is 48.5 Å². The van der Waals surface area contributed by atoms with Crippen LogP contribution in [0, 0.1) is 6.92 Å². The number of piperazine rings is 1. The van der Waals surface area contributed by atoms with Gasteiger partial charge in [0.15, 0.2) is 0 Å². The third-order valence-corrected chi connectivity index (χ3v) is 4.58. The van der Waals surface area contributed by atoms with Crippen LogP contribution in [0.4, 0.5) is 0 Å². The molecular weight excluding hydrogens is 310 g/mol. The lowest BCUT2D eigenvalue weighted by atomic mass is 10.1. The molecule has 0 bridgehead atoms. The Hall–Kier alpha value is -1.88. The number of hydrogen-bond donors (Lipinski definition) is 2. The number of benzene rings is 2. The Labute approximate surface area is 151 Å². The normalized spacial score (nSPS) is 15.2. The van der Waals surface area contributed by atoms with Crippen LogP contribution in [-0.2, 0) is 13.2 Å². The van der Waals surface area contributed by atoms with Gasteiger partial charge >= 0.3 is 0 Å². The molecule has 134 valence electrons. The van der Waals surface area contributed by atoms with Crippen molar-refractivity contribution in [1.29, 1.82) is 0 Å². The standard InChI is InChI=1S/C21H29N3O/c1-18-5-4-6-19(15-18)17-25-21-8-3-2-7-20(21)16-23-11-14-24-12-9-22-10-13-24/h2-8,15,22-23H,9-14,16-17H2,1H3. The first-order chi connectivity index (χ1) is 12.3. The number of nitrogens with zero attached hydrogens (tertiary/aromatic N) is 1. The number of nitrogens with one attached hydrogen (secondary N) is 2. The van der Waals surface area contributed by atoms with Crippen molar-refractivity contribution in [3.8, 4) is 5.75 Å². The van der Waals surface area contributed by atoms with E-state index in [1.807, 2.05) is 6.07 Å². The Kier molecular flexibility index (Phi) is 6.86. The van der Waals surface area contributed by atoms with Crippen molar-refractivity contribution < 1.29 is 4.74 Å². The lowest BCUT2D eigenvalue weighted by Gasteiger charge is -2.27. The molecule has 2 N–H and O–H groups in total. The molecule has 0 unspecified atom stereocenters. The van der Waals surface area contributed by atoms with Crippen LogP contribution in [-0.4, -0.2) is 44.2 Å². The summed E-state index contributed by atoms with van der Waals surface area (Å²) in [4.78, 5) is 2.50. The van der Waals surface area contributed by atoms with Crippen molar-refractivity contribution in [3.63, 3.8) is 0 Å². The summed E-state index contributed by atoms with van der Waals surface area (Å²) in [5.74, 6) is 0.971. The summed E-state index contributed by atoms with van der Waals surface area (Å²) in [7, 11) is 0. The third kappa shape index (κ3) is 5.85. The molecule has 0 amide bonds. The SMILES string of the molecule is Cc1cccc(COc2ccccc2CNCCN2CCNCC2)c1. The van der Waals surface area contributed by atoms with E-state index in [9.17, 15) is 0 Å². The Morgan fingerprint density at radius 1 is 1.08 bits per heavy atom. The summed E-state index contributed by atoms with van der Waals surface area (Å²) in [6, 6.07) is 16.8. The summed E-state index contributed by atoms with van der Waals surface area (Å²) in [6.45, 7) is 10.2. The molecule has 1 fully saturated rings. The first kappa shape index (κ1) is 17.9. The maximum absolute atomic E-state index is 6.07. The molecule has 4 nitrogen and oxygen atoms in total. The fourth-order valence-corrected chi connectivity index (χ4v) is 3.15. The molecule has 3 rings (SSSR count). The van der Waals surface area contributed by atoms with Gasteiger partial charge in [0.05, 0.1) is 0 Å². The van der Waals surface area contributed by atoms with E-state index in [4.69, 9.17) is 4.74 Å². The van der Waals surface area contributed by atoms with Crippen molar-refractivity contribution in [2.75, 3.05) is 39.3 Å². The highest BCUT2D eigenvalue weighted by atomic mass is 16.5. The second-order valence-corrected chi connectivity index (χ2v) is 6.65. The first-order valence-electron chi connectivity index (χ1n) is 9.21. The summed E-state index contributed by atoms with van der Waals surface area (Å²) >= 11 is 0. The van der Waals surface area contributed by atoms with Gasteiger partial charge < -0.3 is 15.4 Å². The van der Waals surface area contributed by atoms with Gasteiger partial charge in [0, 0.05) is 51.4 Å². The Morgan fingerprint density at radius 3 is 2.76 bits per heavy atom. The maximum Gasteiger partial charge on any atom is 0.124 e. The third-order valence-electron chi connectivity index (χ3n) is 4.58. The van der Waals surface area contributed by atoms with E-state index in [2.05, 4.69) is 64.9 Å². The average Bonchev–Trinajstić information content (AvgIpc) is 2.65. The van der Waals surface area contributed by atoms with E-state index >= 15 is 0 Å². The summed E-state index contributed by atoms with van der Waals surface area (Å²) in [5.41, 5.74) is 3.70. The quantitative estimate of drug-likeness (QED) is 0.725. The van der Waals surface area contributed by atoms with Crippen molar-refractivity contribution in [2.45, 2.75) is 20.1 Å². The molecule has 1 saturated heterocycles. The van der Waals surface area contributed by atoms with E-state index < -0.39 is 0 Å². The van der Waals surface area contributed by atoms with E-state index in [-0.39, 0.29) is 0 Å². The van der Waals surface area contributed by atoms with E-state index in [1.165, 1.54) is 16.7 Å². The Balaban J connectivity index is 1.46.